The fourth-order valence-electron chi connectivity index (χ4n) is 3.68. The Morgan fingerprint density at radius 1 is 1.15 bits per heavy atom. The van der Waals surface area contributed by atoms with Gasteiger partial charge in [0.2, 0.25) is 0 Å². The molecule has 0 fully saturated rings. The van der Waals surface area contributed by atoms with Crippen molar-refractivity contribution < 1.29 is 9.53 Å². The fourth-order valence-corrected chi connectivity index (χ4v) is 3.68. The van der Waals surface area contributed by atoms with Crippen molar-refractivity contribution >= 4 is 39.6 Å². The lowest BCUT2D eigenvalue weighted by Gasteiger charge is -2.08. The smallest absolute Gasteiger partial charge is 0.317 e. The van der Waals surface area contributed by atoms with Crippen molar-refractivity contribution in [3.8, 4) is 17.4 Å². The molecule has 10 nitrogen and oxygen atoms in total. The van der Waals surface area contributed by atoms with Gasteiger partial charge in [0.25, 0.3) is 5.91 Å². The van der Waals surface area contributed by atoms with E-state index in [0.29, 0.717) is 44.4 Å². The molecule has 0 aliphatic rings. The number of amides is 1. The number of ether oxygens (including phenoxy) is 1. The van der Waals surface area contributed by atoms with Gasteiger partial charge in [-0.05, 0) is 30.3 Å². The lowest BCUT2D eigenvalue weighted by molar-refractivity contribution is 0.0997. The van der Waals surface area contributed by atoms with Gasteiger partial charge in [0.15, 0.2) is 5.69 Å². The zero-order valence-electron chi connectivity index (χ0n) is 17.2. The lowest BCUT2D eigenvalue weighted by atomic mass is 10.0. The van der Waals surface area contributed by atoms with E-state index in [-0.39, 0.29) is 18.3 Å². The average molecular weight is 438 g/mol. The fraction of sp³-hybridized carbons (Fsp3) is 0.0435. The van der Waals surface area contributed by atoms with E-state index in [0.717, 1.165) is 5.56 Å². The van der Waals surface area contributed by atoms with Gasteiger partial charge >= 0.3 is 6.01 Å². The number of aromatic nitrogens is 5. The van der Waals surface area contributed by atoms with Gasteiger partial charge in [-0.15, -0.1) is 0 Å². The number of carbonyl (C=O) groups is 1. The molecule has 10 heteroatoms. The van der Waals surface area contributed by atoms with Crippen LogP contribution < -0.4 is 16.2 Å². The number of aromatic amines is 1. The molecule has 4 aromatic heterocycles. The second kappa shape index (κ2) is 8.00. The van der Waals surface area contributed by atoms with Crippen LogP contribution in [-0.2, 0) is 6.61 Å². The van der Waals surface area contributed by atoms with Gasteiger partial charge in [0, 0.05) is 57.9 Å². The molecular formula is C23H18N8O2. The summed E-state index contributed by atoms with van der Waals surface area (Å²) in [7, 11) is 0. The van der Waals surface area contributed by atoms with Crippen LogP contribution >= 0.6 is 0 Å². The number of rotatable bonds is 6. The molecule has 162 valence electrons. The Labute approximate surface area is 187 Å². The van der Waals surface area contributed by atoms with Crippen molar-refractivity contribution in [1.29, 1.82) is 5.41 Å². The summed E-state index contributed by atoms with van der Waals surface area (Å²) in [5.74, 6) is -0.695. The Kier molecular flexibility index (Phi) is 4.87. The summed E-state index contributed by atoms with van der Waals surface area (Å²) in [6.45, 7) is 0.251. The van der Waals surface area contributed by atoms with Crippen LogP contribution in [0.4, 0.5) is 5.69 Å². The van der Waals surface area contributed by atoms with E-state index < -0.39 is 5.91 Å². The highest BCUT2D eigenvalue weighted by Crippen LogP contribution is 2.34. The lowest BCUT2D eigenvalue weighted by Crippen LogP contribution is -2.14. The molecule has 0 saturated heterocycles. The third kappa shape index (κ3) is 3.59. The zero-order valence-corrected chi connectivity index (χ0v) is 17.2. The first-order valence-corrected chi connectivity index (χ1v) is 9.95. The van der Waals surface area contributed by atoms with Crippen LogP contribution in [0.1, 0.15) is 21.6 Å². The summed E-state index contributed by atoms with van der Waals surface area (Å²) in [4.78, 5) is 32.5. The molecule has 0 bridgehead atoms. The third-order valence-electron chi connectivity index (χ3n) is 5.19. The number of anilines is 1. The summed E-state index contributed by atoms with van der Waals surface area (Å²) in [6, 6.07) is 10.8. The van der Waals surface area contributed by atoms with Crippen molar-refractivity contribution in [2.75, 3.05) is 5.73 Å². The standard InChI is InChI=1S/C23H18N8O2/c24-9-14-15(25)3-4-17-19(14)13-8-18(30-21(22(26)32)20(13)29-17)16-5-7-28-23(31-16)33-11-12-2-1-6-27-10-12/h1-10,24,29H,11,25H2,(H2,26,32). The SMILES string of the molecule is N=Cc1c(N)ccc2[nH]c3c(C(N)=O)nc(-c4ccnc(OCc5cccnc5)n4)cc3c12. The Bertz CT molecular complexity index is 1530. The quantitative estimate of drug-likeness (QED) is 0.233. The largest absolute Gasteiger partial charge is 0.459 e. The maximum Gasteiger partial charge on any atom is 0.317 e. The second-order valence-electron chi connectivity index (χ2n) is 7.28. The second-order valence-corrected chi connectivity index (χ2v) is 7.28. The Morgan fingerprint density at radius 2 is 2.03 bits per heavy atom. The van der Waals surface area contributed by atoms with Crippen LogP contribution in [0.25, 0.3) is 33.2 Å². The van der Waals surface area contributed by atoms with E-state index in [9.17, 15) is 4.79 Å². The molecule has 0 radical (unpaired) electrons. The molecule has 0 aliphatic carbocycles. The monoisotopic (exact) mass is 438 g/mol. The molecule has 1 amide bonds. The number of H-pyrrole nitrogens is 1. The molecule has 4 heterocycles. The van der Waals surface area contributed by atoms with E-state index in [1.807, 2.05) is 12.1 Å². The third-order valence-corrected chi connectivity index (χ3v) is 5.19. The molecule has 5 rings (SSSR count). The molecular weight excluding hydrogens is 420 g/mol. The van der Waals surface area contributed by atoms with Gasteiger partial charge in [0.05, 0.1) is 16.9 Å². The van der Waals surface area contributed by atoms with Gasteiger partial charge in [-0.2, -0.15) is 4.98 Å². The minimum atomic E-state index is -0.695. The van der Waals surface area contributed by atoms with E-state index in [1.54, 1.807) is 42.9 Å². The minimum Gasteiger partial charge on any atom is -0.459 e. The number of nitrogens with zero attached hydrogens (tertiary/aromatic N) is 4. The predicted octanol–water partition coefficient (Wildman–Crippen LogP) is 2.83. The Hall–Kier alpha value is -4.86. The maximum absolute atomic E-state index is 12.2. The number of nitrogen functional groups attached to an aromatic ring is 1. The number of benzene rings is 1. The molecule has 6 N–H and O–H groups in total. The summed E-state index contributed by atoms with van der Waals surface area (Å²) >= 11 is 0. The van der Waals surface area contributed by atoms with Gasteiger partial charge in [-0.3, -0.25) is 9.78 Å². The van der Waals surface area contributed by atoms with Crippen LogP contribution in [0.3, 0.4) is 0 Å². The first-order valence-electron chi connectivity index (χ1n) is 9.95. The van der Waals surface area contributed by atoms with Crippen LogP contribution in [-0.4, -0.2) is 37.0 Å². The van der Waals surface area contributed by atoms with E-state index >= 15 is 0 Å². The highest BCUT2D eigenvalue weighted by atomic mass is 16.5. The van der Waals surface area contributed by atoms with Crippen LogP contribution in [0.15, 0.2) is 55.0 Å². The predicted molar refractivity (Wildman–Crippen MR) is 124 cm³/mol. The Balaban J connectivity index is 1.64. The number of nitrogens with one attached hydrogen (secondary N) is 2. The van der Waals surface area contributed by atoms with Crippen LogP contribution in [0.2, 0.25) is 0 Å². The van der Waals surface area contributed by atoms with Gasteiger partial charge < -0.3 is 26.6 Å². The van der Waals surface area contributed by atoms with Gasteiger partial charge in [-0.1, -0.05) is 6.07 Å². The van der Waals surface area contributed by atoms with E-state index in [4.69, 9.17) is 21.6 Å². The van der Waals surface area contributed by atoms with Gasteiger partial charge in [0.1, 0.15) is 6.61 Å². The summed E-state index contributed by atoms with van der Waals surface area (Å²) < 4.78 is 5.69. The van der Waals surface area contributed by atoms with Crippen LogP contribution in [0.5, 0.6) is 6.01 Å². The average Bonchev–Trinajstić information content (AvgIpc) is 3.21. The maximum atomic E-state index is 12.2. The molecule has 0 aliphatic heterocycles. The molecule has 0 atom stereocenters. The highest BCUT2D eigenvalue weighted by Gasteiger charge is 2.19. The first kappa shape index (κ1) is 20.1. The molecule has 1 aromatic carbocycles. The number of hydrogen-bond acceptors (Lipinski definition) is 8. The van der Waals surface area contributed by atoms with Crippen molar-refractivity contribution in [2.24, 2.45) is 5.73 Å². The summed E-state index contributed by atoms with van der Waals surface area (Å²) in [5.41, 5.74) is 15.7. The van der Waals surface area contributed by atoms with Crippen molar-refractivity contribution in [3.63, 3.8) is 0 Å². The van der Waals surface area contributed by atoms with E-state index in [2.05, 4.69) is 24.9 Å². The van der Waals surface area contributed by atoms with Crippen molar-refractivity contribution in [1.82, 2.24) is 24.9 Å². The number of pyridine rings is 2. The number of hydrogen-bond donors (Lipinski definition) is 4. The number of nitrogens with two attached hydrogens (primary N) is 2. The van der Waals surface area contributed by atoms with Crippen molar-refractivity contribution in [3.05, 3.63) is 71.8 Å². The topological polar surface area (TPSA) is 170 Å². The summed E-state index contributed by atoms with van der Waals surface area (Å²) in [6.07, 6.45) is 6.11. The number of fused-ring (bicyclic) bond motifs is 3. The zero-order chi connectivity index (χ0) is 22.9. The minimum absolute atomic E-state index is 0.0599. The normalized spacial score (nSPS) is 11.0. The Morgan fingerprint density at radius 3 is 2.79 bits per heavy atom. The van der Waals surface area contributed by atoms with Crippen LogP contribution in [0, 0.1) is 5.41 Å². The highest BCUT2D eigenvalue weighted by molar-refractivity contribution is 6.20. The number of carbonyl (C=O) groups excluding carboxylic acids is 1. The first-order chi connectivity index (χ1) is 16.0. The molecule has 0 unspecified atom stereocenters. The molecule has 5 aromatic rings. The van der Waals surface area contributed by atoms with Crippen molar-refractivity contribution in [2.45, 2.75) is 6.61 Å². The van der Waals surface area contributed by atoms with Gasteiger partial charge in [-0.25, -0.2) is 9.97 Å². The number of primary amides is 1. The molecule has 0 saturated carbocycles. The summed E-state index contributed by atoms with van der Waals surface area (Å²) in [5, 5.41) is 9.17. The molecule has 33 heavy (non-hydrogen) atoms. The van der Waals surface area contributed by atoms with E-state index in [1.165, 1.54) is 6.21 Å². The molecule has 0 spiro atoms.